The van der Waals surface area contributed by atoms with Crippen LogP contribution >= 0.6 is 11.8 Å². The van der Waals surface area contributed by atoms with Crippen LogP contribution in [-0.4, -0.2) is 32.7 Å². The smallest absolute Gasteiger partial charge is 0.239 e. The molecule has 0 heterocycles. The summed E-state index contributed by atoms with van der Waals surface area (Å²) in [6.45, 7) is 5.50. The number of aryl methyl sites for hydroxylation is 2. The zero-order valence-corrected chi connectivity index (χ0v) is 15.2. The SMILES string of the molecule is COCCNC(=O)CNc1ccccc1Sc1ccc(C)cc1C. The molecule has 5 heteroatoms. The molecular formula is C19H24N2O2S. The monoisotopic (exact) mass is 344 g/mol. The van der Waals surface area contributed by atoms with Gasteiger partial charge in [0.25, 0.3) is 0 Å². The Morgan fingerprint density at radius 2 is 1.92 bits per heavy atom. The fraction of sp³-hybridized carbons (Fsp3) is 0.316. The topological polar surface area (TPSA) is 50.4 Å². The Morgan fingerprint density at radius 3 is 2.67 bits per heavy atom. The number of benzene rings is 2. The molecule has 4 nitrogen and oxygen atoms in total. The summed E-state index contributed by atoms with van der Waals surface area (Å²) in [4.78, 5) is 14.1. The van der Waals surface area contributed by atoms with Crippen molar-refractivity contribution in [3.05, 3.63) is 53.6 Å². The van der Waals surface area contributed by atoms with Gasteiger partial charge in [0.15, 0.2) is 0 Å². The first-order chi connectivity index (χ1) is 11.6. The second kappa shape index (κ2) is 9.35. The van der Waals surface area contributed by atoms with Crippen LogP contribution in [0.1, 0.15) is 11.1 Å². The van der Waals surface area contributed by atoms with E-state index in [0.29, 0.717) is 13.2 Å². The fourth-order valence-electron chi connectivity index (χ4n) is 2.26. The molecule has 24 heavy (non-hydrogen) atoms. The van der Waals surface area contributed by atoms with E-state index in [9.17, 15) is 4.79 Å². The summed E-state index contributed by atoms with van der Waals surface area (Å²) < 4.78 is 4.92. The Morgan fingerprint density at radius 1 is 1.12 bits per heavy atom. The lowest BCUT2D eigenvalue weighted by Gasteiger charge is -2.13. The number of para-hydroxylation sites is 1. The average molecular weight is 344 g/mol. The zero-order chi connectivity index (χ0) is 17.4. The molecule has 0 saturated carbocycles. The molecule has 0 saturated heterocycles. The minimum Gasteiger partial charge on any atom is -0.383 e. The Balaban J connectivity index is 2.00. The zero-order valence-electron chi connectivity index (χ0n) is 14.4. The van der Waals surface area contributed by atoms with Gasteiger partial charge in [0.1, 0.15) is 0 Å². The number of amides is 1. The van der Waals surface area contributed by atoms with Gasteiger partial charge in [-0.2, -0.15) is 0 Å². The van der Waals surface area contributed by atoms with Crippen molar-refractivity contribution in [1.29, 1.82) is 0 Å². The van der Waals surface area contributed by atoms with E-state index in [1.54, 1.807) is 18.9 Å². The van der Waals surface area contributed by atoms with Gasteiger partial charge in [-0.05, 0) is 37.6 Å². The van der Waals surface area contributed by atoms with Gasteiger partial charge in [0.2, 0.25) is 5.91 Å². The third-order valence-electron chi connectivity index (χ3n) is 3.51. The highest BCUT2D eigenvalue weighted by Gasteiger charge is 2.07. The van der Waals surface area contributed by atoms with E-state index in [0.717, 1.165) is 10.6 Å². The van der Waals surface area contributed by atoms with Crippen molar-refractivity contribution in [2.45, 2.75) is 23.6 Å². The van der Waals surface area contributed by atoms with Crippen LogP contribution in [0.5, 0.6) is 0 Å². The van der Waals surface area contributed by atoms with E-state index in [2.05, 4.69) is 48.7 Å². The van der Waals surface area contributed by atoms with Crippen molar-refractivity contribution >= 4 is 23.4 Å². The van der Waals surface area contributed by atoms with Crippen LogP contribution in [0, 0.1) is 13.8 Å². The summed E-state index contributed by atoms with van der Waals surface area (Å²) in [7, 11) is 1.62. The van der Waals surface area contributed by atoms with Gasteiger partial charge >= 0.3 is 0 Å². The molecule has 1 amide bonds. The highest BCUT2D eigenvalue weighted by atomic mass is 32.2. The number of rotatable bonds is 8. The maximum Gasteiger partial charge on any atom is 0.239 e. The average Bonchev–Trinajstić information content (AvgIpc) is 2.57. The Hall–Kier alpha value is -1.98. The normalized spacial score (nSPS) is 10.5. The van der Waals surface area contributed by atoms with E-state index >= 15 is 0 Å². The van der Waals surface area contributed by atoms with E-state index in [1.165, 1.54) is 16.0 Å². The maximum atomic E-state index is 11.8. The largest absolute Gasteiger partial charge is 0.383 e. The first-order valence-corrected chi connectivity index (χ1v) is 8.75. The molecule has 0 aromatic heterocycles. The minimum atomic E-state index is -0.0432. The van der Waals surface area contributed by atoms with E-state index in [1.807, 2.05) is 18.2 Å². The molecule has 0 spiro atoms. The quantitative estimate of drug-likeness (QED) is 0.718. The lowest BCUT2D eigenvalue weighted by atomic mass is 10.2. The lowest BCUT2D eigenvalue weighted by Crippen LogP contribution is -2.32. The van der Waals surface area contributed by atoms with Crippen LogP contribution in [0.3, 0.4) is 0 Å². The molecule has 128 valence electrons. The van der Waals surface area contributed by atoms with Crippen molar-refractivity contribution in [3.63, 3.8) is 0 Å². The second-order valence-corrected chi connectivity index (χ2v) is 6.65. The van der Waals surface area contributed by atoms with E-state index in [-0.39, 0.29) is 12.5 Å². The molecule has 0 fully saturated rings. The highest BCUT2D eigenvalue weighted by Crippen LogP contribution is 2.35. The van der Waals surface area contributed by atoms with Gasteiger partial charge in [0.05, 0.1) is 13.2 Å². The van der Waals surface area contributed by atoms with Gasteiger partial charge in [-0.1, -0.05) is 41.6 Å². The minimum absolute atomic E-state index is 0.0432. The predicted octanol–water partition coefficient (Wildman–Crippen LogP) is 3.63. The molecular weight excluding hydrogens is 320 g/mol. The summed E-state index contributed by atoms with van der Waals surface area (Å²) in [5.74, 6) is -0.0432. The Labute approximate surface area is 148 Å². The van der Waals surface area contributed by atoms with Gasteiger partial charge in [-0.3, -0.25) is 4.79 Å². The first-order valence-electron chi connectivity index (χ1n) is 7.94. The van der Waals surface area contributed by atoms with E-state index in [4.69, 9.17) is 4.74 Å². The van der Waals surface area contributed by atoms with Gasteiger partial charge in [-0.25, -0.2) is 0 Å². The van der Waals surface area contributed by atoms with Crippen molar-refractivity contribution in [3.8, 4) is 0 Å². The Bertz CT molecular complexity index is 689. The number of carbonyl (C=O) groups is 1. The highest BCUT2D eigenvalue weighted by molar-refractivity contribution is 7.99. The predicted molar refractivity (Wildman–Crippen MR) is 99.9 cm³/mol. The van der Waals surface area contributed by atoms with Crippen LogP contribution in [0.4, 0.5) is 5.69 Å². The van der Waals surface area contributed by atoms with Crippen molar-refractivity contribution in [2.24, 2.45) is 0 Å². The van der Waals surface area contributed by atoms with Gasteiger partial charge < -0.3 is 15.4 Å². The van der Waals surface area contributed by atoms with Gasteiger partial charge in [-0.15, -0.1) is 0 Å². The molecule has 0 unspecified atom stereocenters. The summed E-state index contributed by atoms with van der Waals surface area (Å²) >= 11 is 1.71. The molecule has 2 rings (SSSR count). The number of nitrogens with one attached hydrogen (secondary N) is 2. The third-order valence-corrected chi connectivity index (χ3v) is 4.76. The van der Waals surface area contributed by atoms with Crippen molar-refractivity contribution < 1.29 is 9.53 Å². The molecule has 0 aliphatic heterocycles. The first kappa shape index (κ1) is 18.4. The number of methoxy groups -OCH3 is 1. The summed E-state index contributed by atoms with van der Waals surface area (Å²) in [6, 6.07) is 14.5. The van der Waals surface area contributed by atoms with Crippen LogP contribution in [-0.2, 0) is 9.53 Å². The molecule has 2 aromatic rings. The number of hydrogen-bond donors (Lipinski definition) is 2. The number of anilines is 1. The third kappa shape index (κ3) is 5.58. The molecule has 0 atom stereocenters. The Kier molecular flexibility index (Phi) is 7.15. The van der Waals surface area contributed by atoms with E-state index < -0.39 is 0 Å². The standard InChI is InChI=1S/C19H24N2O2S/c1-14-8-9-17(15(2)12-14)24-18-7-5-4-6-16(18)21-13-19(22)20-10-11-23-3/h4-9,12,21H,10-11,13H2,1-3H3,(H,20,22). The van der Waals surface area contributed by atoms with Crippen LogP contribution in [0.15, 0.2) is 52.3 Å². The maximum absolute atomic E-state index is 11.8. The molecule has 2 aromatic carbocycles. The number of hydrogen-bond acceptors (Lipinski definition) is 4. The van der Waals surface area contributed by atoms with Crippen molar-refractivity contribution in [2.75, 3.05) is 32.1 Å². The van der Waals surface area contributed by atoms with Gasteiger partial charge in [0, 0.05) is 29.1 Å². The molecule has 0 bridgehead atoms. The van der Waals surface area contributed by atoms with Crippen LogP contribution < -0.4 is 10.6 Å². The lowest BCUT2D eigenvalue weighted by molar-refractivity contribution is -0.119. The molecule has 0 aliphatic carbocycles. The number of carbonyl (C=O) groups excluding carboxylic acids is 1. The molecule has 2 N–H and O–H groups in total. The summed E-state index contributed by atoms with van der Waals surface area (Å²) in [6.07, 6.45) is 0. The van der Waals surface area contributed by atoms with Crippen molar-refractivity contribution in [1.82, 2.24) is 5.32 Å². The van der Waals surface area contributed by atoms with Crippen LogP contribution in [0.2, 0.25) is 0 Å². The molecule has 0 radical (unpaired) electrons. The summed E-state index contributed by atoms with van der Waals surface area (Å²) in [5, 5.41) is 6.02. The number of ether oxygens (including phenoxy) is 1. The second-order valence-electron chi connectivity index (χ2n) is 5.56. The summed E-state index contributed by atoms with van der Waals surface area (Å²) in [5.41, 5.74) is 3.48. The fourth-order valence-corrected chi connectivity index (χ4v) is 3.25. The van der Waals surface area contributed by atoms with Crippen LogP contribution in [0.25, 0.3) is 0 Å². The molecule has 0 aliphatic rings.